The minimum absolute atomic E-state index is 0.0943. The van der Waals surface area contributed by atoms with Crippen LogP contribution in [-0.2, 0) is 0 Å². The number of alkyl halides is 1. The smallest absolute Gasteiger partial charge is 0.321 e. The van der Waals surface area contributed by atoms with E-state index in [1.54, 1.807) is 12.1 Å². The molecule has 1 aliphatic rings. The summed E-state index contributed by atoms with van der Waals surface area (Å²) in [5.74, 6) is -1.81. The molecule has 4 rings (SSSR count). The van der Waals surface area contributed by atoms with Gasteiger partial charge in [0.25, 0.3) is 0 Å². The number of carbonyl (C=O) groups is 1. The maximum Gasteiger partial charge on any atom is 0.323 e. The molecule has 0 saturated carbocycles. The fourth-order valence-electron chi connectivity index (χ4n) is 2.91. The van der Waals surface area contributed by atoms with Gasteiger partial charge in [0.1, 0.15) is 6.17 Å². The summed E-state index contributed by atoms with van der Waals surface area (Å²) in [5, 5.41) is 3.10. The standard InChI is InChI=1S/C18H14F3N3OS/c19-12-5-6-24(9-12)18(25)23-17-22-15-8-11(2-4-16(15)26-17)10-1-3-13(20)14(21)7-10/h1-4,7-8,12H,5-6,9H2,(H,22,23,25). The van der Waals surface area contributed by atoms with Gasteiger partial charge in [0, 0.05) is 6.54 Å². The van der Waals surface area contributed by atoms with Crippen LogP contribution in [-0.4, -0.2) is 35.2 Å². The maximum atomic E-state index is 13.4. The minimum atomic E-state index is -0.977. The monoisotopic (exact) mass is 377 g/mol. The lowest BCUT2D eigenvalue weighted by molar-refractivity contribution is 0.218. The van der Waals surface area contributed by atoms with E-state index in [1.807, 2.05) is 6.07 Å². The van der Waals surface area contributed by atoms with Crippen LogP contribution in [0.3, 0.4) is 0 Å². The Hall–Kier alpha value is -2.61. The maximum absolute atomic E-state index is 13.4. The average molecular weight is 377 g/mol. The van der Waals surface area contributed by atoms with Crippen molar-refractivity contribution in [2.24, 2.45) is 0 Å². The van der Waals surface area contributed by atoms with Gasteiger partial charge in [0.2, 0.25) is 0 Å². The van der Waals surface area contributed by atoms with Gasteiger partial charge in [-0.25, -0.2) is 22.9 Å². The number of anilines is 1. The molecule has 2 heterocycles. The number of thiazole rings is 1. The van der Waals surface area contributed by atoms with Crippen molar-refractivity contribution in [1.82, 2.24) is 9.88 Å². The van der Waals surface area contributed by atoms with Crippen LogP contribution < -0.4 is 5.32 Å². The van der Waals surface area contributed by atoms with Crippen LogP contribution in [0.4, 0.5) is 23.1 Å². The van der Waals surface area contributed by atoms with E-state index in [1.165, 1.54) is 22.3 Å². The van der Waals surface area contributed by atoms with Crippen molar-refractivity contribution in [3.8, 4) is 11.1 Å². The van der Waals surface area contributed by atoms with Gasteiger partial charge in [-0.15, -0.1) is 0 Å². The van der Waals surface area contributed by atoms with E-state index in [4.69, 9.17) is 0 Å². The van der Waals surface area contributed by atoms with E-state index in [-0.39, 0.29) is 12.6 Å². The molecular weight excluding hydrogens is 363 g/mol. The van der Waals surface area contributed by atoms with Crippen molar-refractivity contribution in [3.63, 3.8) is 0 Å². The number of nitrogens with one attached hydrogen (secondary N) is 1. The molecule has 4 nitrogen and oxygen atoms in total. The van der Waals surface area contributed by atoms with Crippen LogP contribution in [0.5, 0.6) is 0 Å². The SMILES string of the molecule is O=C(Nc1nc2cc(-c3ccc(F)c(F)c3)ccc2s1)N1CCC(F)C1. The number of likely N-dealkylation sites (tertiary alicyclic amines) is 1. The second-order valence-corrected chi connectivity index (χ2v) is 7.12. The second-order valence-electron chi connectivity index (χ2n) is 6.09. The van der Waals surface area contributed by atoms with E-state index < -0.39 is 17.8 Å². The lowest BCUT2D eigenvalue weighted by atomic mass is 10.1. The molecular formula is C18H14F3N3OS. The predicted molar refractivity (Wildman–Crippen MR) is 95.1 cm³/mol. The predicted octanol–water partition coefficient (Wildman–Crippen LogP) is 4.82. The Kier molecular flexibility index (Phi) is 4.28. The molecule has 134 valence electrons. The van der Waals surface area contributed by atoms with Crippen molar-refractivity contribution in [3.05, 3.63) is 48.0 Å². The summed E-state index contributed by atoms with van der Waals surface area (Å²) < 4.78 is 40.6. The number of hydrogen-bond donors (Lipinski definition) is 1. The molecule has 1 saturated heterocycles. The molecule has 2 amide bonds. The Morgan fingerprint density at radius 3 is 2.65 bits per heavy atom. The third kappa shape index (κ3) is 3.24. The third-order valence-corrected chi connectivity index (χ3v) is 5.22. The zero-order chi connectivity index (χ0) is 18.3. The molecule has 2 aromatic carbocycles. The molecule has 1 N–H and O–H groups in total. The summed E-state index contributed by atoms with van der Waals surface area (Å²) >= 11 is 1.30. The zero-order valence-corrected chi connectivity index (χ0v) is 14.3. The van der Waals surface area contributed by atoms with Gasteiger partial charge in [-0.1, -0.05) is 23.5 Å². The first-order chi connectivity index (χ1) is 12.5. The van der Waals surface area contributed by atoms with Gasteiger partial charge in [-0.3, -0.25) is 5.32 Å². The quantitative estimate of drug-likeness (QED) is 0.696. The van der Waals surface area contributed by atoms with Gasteiger partial charge < -0.3 is 4.90 Å². The first-order valence-electron chi connectivity index (χ1n) is 8.05. The molecule has 0 bridgehead atoms. The molecule has 0 aliphatic carbocycles. The fourth-order valence-corrected chi connectivity index (χ4v) is 3.74. The van der Waals surface area contributed by atoms with Gasteiger partial charge in [0.05, 0.1) is 16.8 Å². The van der Waals surface area contributed by atoms with E-state index >= 15 is 0 Å². The highest BCUT2D eigenvalue weighted by atomic mass is 32.1. The average Bonchev–Trinajstić information content (AvgIpc) is 3.22. The normalized spacial score (nSPS) is 17.0. The second kappa shape index (κ2) is 6.60. The Bertz CT molecular complexity index is 991. The van der Waals surface area contributed by atoms with Gasteiger partial charge in [0.15, 0.2) is 16.8 Å². The number of rotatable bonds is 2. The number of halogens is 3. The van der Waals surface area contributed by atoms with E-state index in [0.717, 1.165) is 16.8 Å². The molecule has 0 spiro atoms. The van der Waals surface area contributed by atoms with Gasteiger partial charge in [-0.2, -0.15) is 0 Å². The highest BCUT2D eigenvalue weighted by Gasteiger charge is 2.26. The summed E-state index contributed by atoms with van der Waals surface area (Å²) in [6.07, 6.45) is -0.625. The van der Waals surface area contributed by atoms with Crippen LogP contribution in [0, 0.1) is 11.6 Å². The Labute approximate surface area is 151 Å². The number of nitrogens with zero attached hydrogens (tertiary/aromatic N) is 2. The molecule has 1 aliphatic heterocycles. The number of hydrogen-bond acceptors (Lipinski definition) is 3. The minimum Gasteiger partial charge on any atom is -0.321 e. The Morgan fingerprint density at radius 1 is 1.15 bits per heavy atom. The molecule has 1 fully saturated rings. The lowest BCUT2D eigenvalue weighted by Gasteiger charge is -2.14. The highest BCUT2D eigenvalue weighted by molar-refractivity contribution is 7.22. The molecule has 1 aromatic heterocycles. The number of amides is 2. The van der Waals surface area contributed by atoms with E-state index in [0.29, 0.717) is 34.7 Å². The van der Waals surface area contributed by atoms with Crippen molar-refractivity contribution in [2.45, 2.75) is 12.6 Å². The van der Waals surface area contributed by atoms with Crippen LogP contribution >= 0.6 is 11.3 Å². The summed E-state index contributed by atoms with van der Waals surface area (Å²) in [6, 6.07) is 8.68. The molecule has 1 atom stereocenters. The Morgan fingerprint density at radius 2 is 1.92 bits per heavy atom. The number of aromatic nitrogens is 1. The summed E-state index contributed by atoms with van der Waals surface area (Å²) in [4.78, 5) is 17.9. The lowest BCUT2D eigenvalue weighted by Crippen LogP contribution is -2.33. The van der Waals surface area contributed by atoms with Crippen molar-refractivity contribution < 1.29 is 18.0 Å². The molecule has 8 heteroatoms. The van der Waals surface area contributed by atoms with Gasteiger partial charge >= 0.3 is 6.03 Å². The summed E-state index contributed by atoms with van der Waals surface area (Å²) in [6.45, 7) is 0.481. The number of carbonyl (C=O) groups excluding carboxylic acids is 1. The van der Waals surface area contributed by atoms with Crippen LogP contribution in [0.2, 0.25) is 0 Å². The van der Waals surface area contributed by atoms with Crippen molar-refractivity contribution >= 4 is 32.7 Å². The van der Waals surface area contributed by atoms with Crippen LogP contribution in [0.1, 0.15) is 6.42 Å². The third-order valence-electron chi connectivity index (χ3n) is 4.27. The highest BCUT2D eigenvalue weighted by Crippen LogP contribution is 2.31. The summed E-state index contributed by atoms with van der Waals surface area (Å²) in [7, 11) is 0. The van der Waals surface area contributed by atoms with Gasteiger partial charge in [-0.05, 0) is 41.8 Å². The van der Waals surface area contributed by atoms with Crippen LogP contribution in [0.15, 0.2) is 36.4 Å². The number of benzene rings is 2. The van der Waals surface area contributed by atoms with E-state index in [2.05, 4.69) is 10.3 Å². The van der Waals surface area contributed by atoms with Crippen molar-refractivity contribution in [2.75, 3.05) is 18.4 Å². The largest absolute Gasteiger partial charge is 0.323 e. The Balaban J connectivity index is 1.57. The topological polar surface area (TPSA) is 45.2 Å². The summed E-state index contributed by atoms with van der Waals surface area (Å²) in [5.41, 5.74) is 1.87. The molecule has 3 aromatic rings. The zero-order valence-electron chi connectivity index (χ0n) is 13.5. The molecule has 26 heavy (non-hydrogen) atoms. The fraction of sp³-hybridized carbons (Fsp3) is 0.222. The first kappa shape index (κ1) is 16.8. The number of urea groups is 1. The van der Waals surface area contributed by atoms with Crippen molar-refractivity contribution in [1.29, 1.82) is 0 Å². The first-order valence-corrected chi connectivity index (χ1v) is 8.87. The number of fused-ring (bicyclic) bond motifs is 1. The van der Waals surface area contributed by atoms with Crippen LogP contribution in [0.25, 0.3) is 21.3 Å². The van der Waals surface area contributed by atoms with E-state index in [9.17, 15) is 18.0 Å². The molecule has 0 radical (unpaired) electrons. The molecule has 1 unspecified atom stereocenters.